The zero-order valence-corrected chi connectivity index (χ0v) is 12.3. The molecule has 1 aliphatic carbocycles. The minimum absolute atomic E-state index is 0.0243. The van der Waals surface area contributed by atoms with Crippen LogP contribution in [0.25, 0.3) is 0 Å². The minimum Gasteiger partial charge on any atom is -0.398 e. The number of ketones is 1. The normalized spacial score (nSPS) is 14.2. The zero-order chi connectivity index (χ0) is 14.1. The van der Waals surface area contributed by atoms with E-state index in [9.17, 15) is 4.79 Å². The Morgan fingerprint density at radius 3 is 2.80 bits per heavy atom. The Balaban J connectivity index is 1.91. The third-order valence-electron chi connectivity index (χ3n) is 3.64. The van der Waals surface area contributed by atoms with Gasteiger partial charge in [-0.2, -0.15) is 0 Å². The summed E-state index contributed by atoms with van der Waals surface area (Å²) in [6.45, 7) is 2.47. The highest BCUT2D eigenvalue weighted by Crippen LogP contribution is 2.35. The minimum atomic E-state index is 0.0243. The van der Waals surface area contributed by atoms with Crippen molar-refractivity contribution in [2.75, 3.05) is 10.6 Å². The van der Waals surface area contributed by atoms with E-state index in [1.807, 2.05) is 18.2 Å². The molecule has 3 nitrogen and oxygen atoms in total. The van der Waals surface area contributed by atoms with Crippen molar-refractivity contribution < 1.29 is 4.79 Å². The number of nitrogens with two attached hydrogens (primary N) is 1. The topological polar surface area (TPSA) is 46.3 Å². The number of carbonyl (C=O) groups excluding carboxylic acids is 1. The maximum Gasteiger partial charge on any atom is 0.161 e. The van der Waals surface area contributed by atoms with Crippen molar-refractivity contribution in [1.29, 1.82) is 0 Å². The molecule has 1 heterocycles. The summed E-state index contributed by atoms with van der Waals surface area (Å²) in [6, 6.07) is 10.6. The highest BCUT2D eigenvalue weighted by atomic mass is 32.1. The molecule has 1 aliphatic rings. The number of anilines is 2. The number of rotatable bonds is 5. The molecule has 2 N–H and O–H groups in total. The van der Waals surface area contributed by atoms with Crippen LogP contribution in [0.1, 0.15) is 35.0 Å². The van der Waals surface area contributed by atoms with Crippen LogP contribution >= 0.6 is 11.3 Å². The largest absolute Gasteiger partial charge is 0.398 e. The van der Waals surface area contributed by atoms with Crippen molar-refractivity contribution in [2.24, 2.45) is 0 Å². The molecular weight excluding hydrogens is 268 g/mol. The van der Waals surface area contributed by atoms with Gasteiger partial charge in [0.05, 0.1) is 6.54 Å². The first kappa shape index (κ1) is 13.2. The number of thiophene rings is 1. The van der Waals surface area contributed by atoms with Gasteiger partial charge in [-0.15, -0.1) is 11.3 Å². The molecule has 3 rings (SSSR count). The fraction of sp³-hybridized carbons (Fsp3) is 0.312. The Bertz CT molecular complexity index is 617. The standard InChI is InChI=1S/C16H18N2OS/c1-11(19)15-9-13(6-7-16(15)17)18(12-4-5-12)10-14-3-2-8-20-14/h2-3,6-9,12H,4-5,10,17H2,1H3. The van der Waals surface area contributed by atoms with Crippen LogP contribution in [-0.4, -0.2) is 11.8 Å². The highest BCUT2D eigenvalue weighted by Gasteiger charge is 2.29. The molecule has 104 valence electrons. The summed E-state index contributed by atoms with van der Waals surface area (Å²) in [5.41, 5.74) is 8.17. The lowest BCUT2D eigenvalue weighted by Gasteiger charge is -2.25. The lowest BCUT2D eigenvalue weighted by Crippen LogP contribution is -2.24. The van der Waals surface area contributed by atoms with E-state index in [0.29, 0.717) is 17.3 Å². The summed E-state index contributed by atoms with van der Waals surface area (Å²) < 4.78 is 0. The second-order valence-electron chi connectivity index (χ2n) is 5.27. The number of carbonyl (C=O) groups is 1. The van der Waals surface area contributed by atoms with E-state index in [1.165, 1.54) is 17.7 Å². The average molecular weight is 286 g/mol. The van der Waals surface area contributed by atoms with Crippen LogP contribution in [-0.2, 0) is 6.54 Å². The first-order valence-electron chi connectivity index (χ1n) is 6.84. The molecule has 1 fully saturated rings. The summed E-state index contributed by atoms with van der Waals surface area (Å²) in [5, 5.41) is 2.10. The van der Waals surface area contributed by atoms with Gasteiger partial charge in [-0.25, -0.2) is 0 Å². The maximum atomic E-state index is 11.6. The van der Waals surface area contributed by atoms with Crippen molar-refractivity contribution in [3.05, 3.63) is 46.2 Å². The fourth-order valence-corrected chi connectivity index (χ4v) is 3.12. The Morgan fingerprint density at radius 2 is 2.20 bits per heavy atom. The van der Waals surface area contributed by atoms with Gasteiger partial charge in [0.25, 0.3) is 0 Å². The van der Waals surface area contributed by atoms with Gasteiger partial charge in [-0.3, -0.25) is 4.79 Å². The molecule has 1 saturated carbocycles. The number of benzene rings is 1. The molecule has 2 aromatic rings. The van der Waals surface area contributed by atoms with Crippen LogP contribution in [0.3, 0.4) is 0 Å². The molecule has 0 amide bonds. The summed E-state index contributed by atoms with van der Waals surface area (Å²) in [4.78, 5) is 15.4. The number of nitrogens with zero attached hydrogens (tertiary/aromatic N) is 1. The quantitative estimate of drug-likeness (QED) is 0.673. The Kier molecular flexibility index (Phi) is 3.49. The van der Waals surface area contributed by atoms with Gasteiger partial charge in [-0.05, 0) is 49.4 Å². The highest BCUT2D eigenvalue weighted by molar-refractivity contribution is 7.09. The van der Waals surface area contributed by atoms with Gasteiger partial charge >= 0.3 is 0 Å². The predicted molar refractivity (Wildman–Crippen MR) is 84.4 cm³/mol. The van der Waals surface area contributed by atoms with Gasteiger partial charge in [0, 0.05) is 27.9 Å². The summed E-state index contributed by atoms with van der Waals surface area (Å²) in [7, 11) is 0. The lowest BCUT2D eigenvalue weighted by molar-refractivity contribution is 0.101. The van der Waals surface area contributed by atoms with Gasteiger partial charge in [-0.1, -0.05) is 6.07 Å². The number of hydrogen-bond acceptors (Lipinski definition) is 4. The molecule has 0 saturated heterocycles. The van der Waals surface area contributed by atoms with Crippen LogP contribution in [0.4, 0.5) is 11.4 Å². The number of hydrogen-bond donors (Lipinski definition) is 1. The SMILES string of the molecule is CC(=O)c1cc(N(Cc2cccs2)C2CC2)ccc1N. The summed E-state index contributed by atoms with van der Waals surface area (Å²) in [5.74, 6) is 0.0243. The molecule has 0 spiro atoms. The second-order valence-corrected chi connectivity index (χ2v) is 6.30. The van der Waals surface area contributed by atoms with Gasteiger partial charge in [0.2, 0.25) is 0 Å². The van der Waals surface area contributed by atoms with E-state index in [-0.39, 0.29) is 5.78 Å². The molecule has 0 radical (unpaired) electrons. The summed E-state index contributed by atoms with van der Waals surface area (Å²) in [6.07, 6.45) is 2.45. The predicted octanol–water partition coefficient (Wildman–Crippen LogP) is 3.70. The van der Waals surface area contributed by atoms with Crippen molar-refractivity contribution in [2.45, 2.75) is 32.4 Å². The van der Waals surface area contributed by atoms with E-state index in [0.717, 1.165) is 12.2 Å². The molecule has 0 bridgehead atoms. The molecule has 0 atom stereocenters. The molecule has 0 aliphatic heterocycles. The van der Waals surface area contributed by atoms with Crippen LogP contribution in [0.2, 0.25) is 0 Å². The molecule has 1 aromatic carbocycles. The van der Waals surface area contributed by atoms with Gasteiger partial charge in [0.15, 0.2) is 5.78 Å². The first-order valence-corrected chi connectivity index (χ1v) is 7.72. The molecule has 4 heteroatoms. The Labute approximate surface area is 123 Å². The van der Waals surface area contributed by atoms with E-state index >= 15 is 0 Å². The smallest absolute Gasteiger partial charge is 0.161 e. The third kappa shape index (κ3) is 2.70. The van der Waals surface area contributed by atoms with E-state index in [1.54, 1.807) is 18.3 Å². The van der Waals surface area contributed by atoms with Crippen LogP contribution in [0.5, 0.6) is 0 Å². The van der Waals surface area contributed by atoms with Crippen LogP contribution in [0.15, 0.2) is 35.7 Å². The van der Waals surface area contributed by atoms with Crippen molar-refractivity contribution >= 4 is 28.5 Å². The molecule has 1 aromatic heterocycles. The molecule has 0 unspecified atom stereocenters. The van der Waals surface area contributed by atoms with E-state index in [2.05, 4.69) is 22.4 Å². The fourth-order valence-electron chi connectivity index (χ4n) is 2.42. The molecular formula is C16H18N2OS. The van der Waals surface area contributed by atoms with Crippen molar-refractivity contribution in [1.82, 2.24) is 0 Å². The average Bonchev–Trinajstić information content (AvgIpc) is 3.14. The van der Waals surface area contributed by atoms with E-state index < -0.39 is 0 Å². The van der Waals surface area contributed by atoms with Crippen molar-refractivity contribution in [3.63, 3.8) is 0 Å². The maximum absolute atomic E-state index is 11.6. The number of Topliss-reactive ketones (excluding diaryl/α,β-unsaturated/α-hetero) is 1. The third-order valence-corrected chi connectivity index (χ3v) is 4.50. The second kappa shape index (κ2) is 5.29. The van der Waals surface area contributed by atoms with Crippen LogP contribution < -0.4 is 10.6 Å². The van der Waals surface area contributed by atoms with Gasteiger partial charge < -0.3 is 10.6 Å². The Morgan fingerprint density at radius 1 is 1.40 bits per heavy atom. The number of nitrogen functional groups attached to an aromatic ring is 1. The molecule has 20 heavy (non-hydrogen) atoms. The first-order chi connectivity index (χ1) is 9.65. The van der Waals surface area contributed by atoms with Gasteiger partial charge in [0.1, 0.15) is 0 Å². The zero-order valence-electron chi connectivity index (χ0n) is 11.5. The van der Waals surface area contributed by atoms with Crippen molar-refractivity contribution in [3.8, 4) is 0 Å². The van der Waals surface area contributed by atoms with E-state index in [4.69, 9.17) is 5.73 Å². The lowest BCUT2D eigenvalue weighted by atomic mass is 10.1. The van der Waals surface area contributed by atoms with Crippen LogP contribution in [0, 0.1) is 0 Å². The summed E-state index contributed by atoms with van der Waals surface area (Å²) >= 11 is 1.77. The monoisotopic (exact) mass is 286 g/mol. The Hall–Kier alpha value is -1.81.